The molecule has 1 amide bonds. The Balaban J connectivity index is 1.47. The monoisotopic (exact) mass is 396 g/mol. The number of carbonyl (C=O) groups is 1. The molecule has 1 aromatic heterocycles. The maximum Gasteiger partial charge on any atom is 0.345 e. The van der Waals surface area contributed by atoms with Crippen LogP contribution in [-0.2, 0) is 11.8 Å². The van der Waals surface area contributed by atoms with Gasteiger partial charge in [0, 0.05) is 32.1 Å². The van der Waals surface area contributed by atoms with Gasteiger partial charge in [-0.05, 0) is 37.7 Å². The second kappa shape index (κ2) is 8.56. The topological polar surface area (TPSA) is 60.1 Å². The third-order valence-corrected chi connectivity index (χ3v) is 6.75. The van der Waals surface area contributed by atoms with Crippen LogP contribution >= 0.6 is 0 Å². The number of hydrogen-bond acceptors (Lipinski definition) is 3. The summed E-state index contributed by atoms with van der Waals surface area (Å²) in [5.74, 6) is 1.35. The first kappa shape index (κ1) is 19.9. The molecule has 1 aromatic carbocycles. The number of benzene rings is 1. The van der Waals surface area contributed by atoms with Crippen LogP contribution in [0.5, 0.6) is 0 Å². The molecule has 4 rings (SSSR count). The number of hydrogen-bond donors (Lipinski definition) is 0. The number of aryl methyl sites for hydroxylation is 1. The van der Waals surface area contributed by atoms with Crippen molar-refractivity contribution in [2.24, 2.45) is 7.05 Å². The van der Waals surface area contributed by atoms with Crippen LogP contribution < -0.4 is 5.69 Å². The lowest BCUT2D eigenvalue weighted by molar-refractivity contribution is -0.134. The van der Waals surface area contributed by atoms with Crippen molar-refractivity contribution in [1.82, 2.24) is 19.2 Å². The maximum absolute atomic E-state index is 13.2. The summed E-state index contributed by atoms with van der Waals surface area (Å²) >= 11 is 0. The van der Waals surface area contributed by atoms with Gasteiger partial charge in [0.2, 0.25) is 5.91 Å². The lowest BCUT2D eigenvalue weighted by Crippen LogP contribution is -2.41. The summed E-state index contributed by atoms with van der Waals surface area (Å²) in [5.41, 5.74) is 1.11. The van der Waals surface area contributed by atoms with Crippen LogP contribution in [0.15, 0.2) is 35.1 Å². The Hall–Kier alpha value is -2.37. The molecule has 1 aliphatic heterocycles. The molecule has 1 saturated carbocycles. The highest BCUT2D eigenvalue weighted by atomic mass is 16.2. The van der Waals surface area contributed by atoms with E-state index >= 15 is 0 Å². The molecule has 2 aromatic rings. The average molecular weight is 397 g/mol. The van der Waals surface area contributed by atoms with Crippen LogP contribution in [-0.4, -0.2) is 38.2 Å². The van der Waals surface area contributed by atoms with Crippen LogP contribution in [0.3, 0.4) is 0 Å². The largest absolute Gasteiger partial charge is 0.345 e. The summed E-state index contributed by atoms with van der Waals surface area (Å²) in [6.45, 7) is 3.56. The van der Waals surface area contributed by atoms with Gasteiger partial charge in [-0.15, -0.1) is 0 Å². The van der Waals surface area contributed by atoms with Crippen molar-refractivity contribution in [3.8, 4) is 0 Å². The standard InChI is InChI=1S/C23H32N4O2/c1-3-20(17-9-5-4-6-10-17)22(28)26-15-13-18(14-16-26)21-24-25(2)23(29)27(21)19-11-7-8-12-19/h4-6,9-10,18-20H,3,7-8,11-16H2,1-2H3. The summed E-state index contributed by atoms with van der Waals surface area (Å²) in [6.07, 6.45) is 7.09. The van der Waals surface area contributed by atoms with E-state index in [-0.39, 0.29) is 23.4 Å². The molecule has 2 aliphatic rings. The summed E-state index contributed by atoms with van der Waals surface area (Å²) < 4.78 is 3.46. The first-order chi connectivity index (χ1) is 14.1. The Morgan fingerprint density at radius 2 is 1.76 bits per heavy atom. The van der Waals surface area contributed by atoms with Crippen molar-refractivity contribution < 1.29 is 4.79 Å². The fourth-order valence-corrected chi connectivity index (χ4v) is 5.10. The predicted octanol–water partition coefficient (Wildman–Crippen LogP) is 3.60. The molecule has 0 spiro atoms. The molecule has 1 atom stereocenters. The zero-order valence-corrected chi connectivity index (χ0v) is 17.6. The highest BCUT2D eigenvalue weighted by Crippen LogP contribution is 2.34. The Bertz CT molecular complexity index is 887. The van der Waals surface area contributed by atoms with E-state index in [1.807, 2.05) is 39.8 Å². The van der Waals surface area contributed by atoms with Gasteiger partial charge in [0.05, 0.1) is 5.92 Å². The van der Waals surface area contributed by atoms with Gasteiger partial charge in [0.25, 0.3) is 0 Å². The first-order valence-corrected chi connectivity index (χ1v) is 11.1. The van der Waals surface area contributed by atoms with E-state index in [0.29, 0.717) is 6.04 Å². The van der Waals surface area contributed by atoms with Crippen molar-refractivity contribution in [2.75, 3.05) is 13.1 Å². The molecular formula is C23H32N4O2. The third kappa shape index (κ3) is 3.89. The fourth-order valence-electron chi connectivity index (χ4n) is 5.10. The van der Waals surface area contributed by atoms with Crippen LogP contribution in [0.4, 0.5) is 0 Å². The van der Waals surface area contributed by atoms with Crippen molar-refractivity contribution in [2.45, 2.75) is 69.7 Å². The van der Waals surface area contributed by atoms with E-state index in [1.54, 1.807) is 7.05 Å². The number of carbonyl (C=O) groups excluding carboxylic acids is 1. The lowest BCUT2D eigenvalue weighted by Gasteiger charge is -2.34. The van der Waals surface area contributed by atoms with E-state index in [4.69, 9.17) is 0 Å². The maximum atomic E-state index is 13.2. The van der Waals surface area contributed by atoms with Crippen LogP contribution in [0.2, 0.25) is 0 Å². The van der Waals surface area contributed by atoms with Crippen molar-refractivity contribution >= 4 is 5.91 Å². The van der Waals surface area contributed by atoms with E-state index in [9.17, 15) is 9.59 Å². The van der Waals surface area contributed by atoms with Crippen molar-refractivity contribution in [3.05, 3.63) is 52.2 Å². The quantitative estimate of drug-likeness (QED) is 0.776. The molecule has 0 bridgehead atoms. The van der Waals surface area contributed by atoms with Gasteiger partial charge >= 0.3 is 5.69 Å². The van der Waals surface area contributed by atoms with Gasteiger partial charge in [-0.3, -0.25) is 9.36 Å². The molecule has 0 N–H and O–H groups in total. The lowest BCUT2D eigenvalue weighted by atomic mass is 9.91. The van der Waals surface area contributed by atoms with Gasteiger partial charge in [0.15, 0.2) is 0 Å². The van der Waals surface area contributed by atoms with Crippen molar-refractivity contribution in [1.29, 1.82) is 0 Å². The normalized spacial score (nSPS) is 19.6. The van der Waals surface area contributed by atoms with E-state index in [0.717, 1.165) is 56.6 Å². The van der Waals surface area contributed by atoms with Crippen molar-refractivity contribution in [3.63, 3.8) is 0 Å². The van der Waals surface area contributed by atoms with Gasteiger partial charge in [-0.25, -0.2) is 9.48 Å². The first-order valence-electron chi connectivity index (χ1n) is 11.1. The zero-order valence-electron chi connectivity index (χ0n) is 17.6. The number of piperidine rings is 1. The van der Waals surface area contributed by atoms with Crippen LogP contribution in [0.1, 0.15) is 81.1 Å². The van der Waals surface area contributed by atoms with Gasteiger partial charge in [0.1, 0.15) is 5.82 Å². The van der Waals surface area contributed by atoms with Gasteiger partial charge < -0.3 is 4.90 Å². The minimum absolute atomic E-state index is 0.0144. The predicted molar refractivity (Wildman–Crippen MR) is 113 cm³/mol. The molecule has 1 aliphatic carbocycles. The molecular weight excluding hydrogens is 364 g/mol. The van der Waals surface area contributed by atoms with E-state index in [1.165, 1.54) is 17.5 Å². The zero-order chi connectivity index (χ0) is 20.4. The third-order valence-electron chi connectivity index (χ3n) is 6.75. The highest BCUT2D eigenvalue weighted by molar-refractivity contribution is 5.83. The average Bonchev–Trinajstić information content (AvgIpc) is 3.38. The molecule has 0 radical (unpaired) electrons. The van der Waals surface area contributed by atoms with E-state index < -0.39 is 0 Å². The van der Waals surface area contributed by atoms with Crippen LogP contribution in [0, 0.1) is 0 Å². The number of aromatic nitrogens is 3. The Kier molecular flexibility index (Phi) is 5.88. The fraction of sp³-hybridized carbons (Fsp3) is 0.609. The molecule has 6 heteroatoms. The molecule has 2 heterocycles. The molecule has 156 valence electrons. The number of rotatable bonds is 5. The number of nitrogens with zero attached hydrogens (tertiary/aromatic N) is 4. The Labute approximate surface area is 172 Å². The minimum atomic E-state index is -0.0701. The van der Waals surface area contributed by atoms with Gasteiger partial charge in [-0.1, -0.05) is 50.1 Å². The summed E-state index contributed by atoms with van der Waals surface area (Å²) in [6, 6.07) is 10.4. The van der Waals surface area contributed by atoms with E-state index in [2.05, 4.69) is 12.0 Å². The SMILES string of the molecule is CCC(C(=O)N1CCC(c2nn(C)c(=O)n2C2CCCC2)CC1)c1ccccc1. The summed E-state index contributed by atoms with van der Waals surface area (Å²) in [4.78, 5) is 27.8. The minimum Gasteiger partial charge on any atom is -0.342 e. The van der Waals surface area contributed by atoms with Gasteiger partial charge in [-0.2, -0.15) is 5.10 Å². The highest BCUT2D eigenvalue weighted by Gasteiger charge is 2.33. The molecule has 29 heavy (non-hydrogen) atoms. The Morgan fingerprint density at radius 1 is 1.10 bits per heavy atom. The van der Waals surface area contributed by atoms with Crippen LogP contribution in [0.25, 0.3) is 0 Å². The number of amides is 1. The number of likely N-dealkylation sites (tertiary alicyclic amines) is 1. The summed E-state index contributed by atoms with van der Waals surface area (Å²) in [5, 5.41) is 4.61. The second-order valence-electron chi connectivity index (χ2n) is 8.54. The molecule has 6 nitrogen and oxygen atoms in total. The summed E-state index contributed by atoms with van der Waals surface area (Å²) in [7, 11) is 1.75. The Morgan fingerprint density at radius 3 is 2.38 bits per heavy atom. The molecule has 2 fully saturated rings. The molecule has 1 unspecified atom stereocenters. The smallest absolute Gasteiger partial charge is 0.342 e. The molecule has 1 saturated heterocycles. The second-order valence-corrected chi connectivity index (χ2v) is 8.54.